The molecule has 2 N–H and O–H groups in total. The Morgan fingerprint density at radius 1 is 1.11 bits per heavy atom. The molecule has 0 saturated carbocycles. The topological polar surface area (TPSA) is 76.9 Å². The van der Waals surface area contributed by atoms with Crippen LogP contribution in [-0.2, 0) is 0 Å². The Bertz CT molecular complexity index is 963. The minimum absolute atomic E-state index is 0.0293. The summed E-state index contributed by atoms with van der Waals surface area (Å²) in [6.45, 7) is 3.59. The highest BCUT2D eigenvalue weighted by Gasteiger charge is 2.22. The van der Waals surface area contributed by atoms with E-state index in [2.05, 4.69) is 21.8 Å². The number of thiazole rings is 1. The van der Waals surface area contributed by atoms with Crippen molar-refractivity contribution in [2.24, 2.45) is 0 Å². The lowest BCUT2D eigenvalue weighted by molar-refractivity contribution is -0.0232. The Kier molecular flexibility index (Phi) is 4.92. The van der Waals surface area contributed by atoms with Crippen LogP contribution in [0.3, 0.4) is 0 Å². The highest BCUT2D eigenvalue weighted by molar-refractivity contribution is 7.22. The second kappa shape index (κ2) is 7.36. The number of fused-ring (bicyclic) bond motifs is 1. The van der Waals surface area contributed by atoms with Crippen LogP contribution >= 0.6 is 11.3 Å². The summed E-state index contributed by atoms with van der Waals surface area (Å²) in [6.07, 6.45) is 0.0523. The van der Waals surface area contributed by atoms with Crippen molar-refractivity contribution in [2.75, 3.05) is 33.2 Å². The summed E-state index contributed by atoms with van der Waals surface area (Å²) in [5, 5.41) is 21.2. The minimum atomic E-state index is -0.610. The van der Waals surface area contributed by atoms with E-state index in [9.17, 15) is 15.0 Å². The fraction of sp³-hybridized carbons (Fsp3) is 0.300. The number of hydrogen-bond donors (Lipinski definition) is 2. The van der Waals surface area contributed by atoms with Crippen LogP contribution in [0.4, 0.5) is 0 Å². The number of rotatable bonds is 4. The Morgan fingerprint density at radius 2 is 1.81 bits per heavy atom. The van der Waals surface area contributed by atoms with Crippen LogP contribution in [0.15, 0.2) is 36.4 Å². The van der Waals surface area contributed by atoms with E-state index in [0.717, 1.165) is 42.3 Å². The Balaban J connectivity index is 1.59. The molecule has 0 amide bonds. The van der Waals surface area contributed by atoms with E-state index in [1.807, 2.05) is 24.3 Å². The SMILES string of the molecule is CN1CCN(C(O)c2ccc(-c3nc4ccc(O)c(C=O)c4s3)cc2)CC1. The van der Waals surface area contributed by atoms with Crippen molar-refractivity contribution in [3.8, 4) is 16.3 Å². The first kappa shape index (κ1) is 18.1. The van der Waals surface area contributed by atoms with E-state index in [-0.39, 0.29) is 11.3 Å². The van der Waals surface area contributed by atoms with Crippen molar-refractivity contribution in [1.82, 2.24) is 14.8 Å². The van der Waals surface area contributed by atoms with Crippen LogP contribution in [0, 0.1) is 0 Å². The smallest absolute Gasteiger partial charge is 0.155 e. The lowest BCUT2D eigenvalue weighted by Gasteiger charge is -2.35. The molecule has 0 spiro atoms. The molecule has 1 atom stereocenters. The van der Waals surface area contributed by atoms with E-state index >= 15 is 0 Å². The molecular formula is C20H21N3O3S. The normalized spacial score (nSPS) is 17.3. The number of carbonyl (C=O) groups excluding carboxylic acids is 1. The Labute approximate surface area is 161 Å². The molecule has 2 heterocycles. The van der Waals surface area contributed by atoms with Gasteiger partial charge in [0.15, 0.2) is 6.29 Å². The molecule has 0 radical (unpaired) electrons. The van der Waals surface area contributed by atoms with Crippen molar-refractivity contribution in [2.45, 2.75) is 6.23 Å². The maximum atomic E-state index is 11.3. The molecule has 1 aromatic heterocycles. The molecule has 0 aliphatic carbocycles. The van der Waals surface area contributed by atoms with Gasteiger partial charge >= 0.3 is 0 Å². The number of aromatic hydroxyl groups is 1. The molecule has 7 heteroatoms. The summed E-state index contributed by atoms with van der Waals surface area (Å²) in [5.41, 5.74) is 2.74. The molecule has 1 aliphatic heterocycles. The number of likely N-dealkylation sites (N-methyl/N-ethyl adjacent to an activating group) is 1. The first-order chi connectivity index (χ1) is 13.1. The zero-order valence-corrected chi connectivity index (χ0v) is 15.8. The highest BCUT2D eigenvalue weighted by Crippen LogP contribution is 2.35. The summed E-state index contributed by atoms with van der Waals surface area (Å²) < 4.78 is 0.682. The summed E-state index contributed by atoms with van der Waals surface area (Å²) in [5.74, 6) is -0.0293. The molecule has 3 aromatic rings. The Morgan fingerprint density at radius 3 is 2.48 bits per heavy atom. The lowest BCUT2D eigenvalue weighted by Crippen LogP contribution is -2.45. The first-order valence-corrected chi connectivity index (χ1v) is 9.67. The summed E-state index contributed by atoms with van der Waals surface area (Å²) >= 11 is 1.38. The van der Waals surface area contributed by atoms with Crippen LogP contribution < -0.4 is 0 Å². The van der Waals surface area contributed by atoms with E-state index < -0.39 is 6.23 Å². The van der Waals surface area contributed by atoms with Crippen molar-refractivity contribution < 1.29 is 15.0 Å². The molecule has 0 bridgehead atoms. The fourth-order valence-corrected chi connectivity index (χ4v) is 4.39. The molecule has 1 aliphatic rings. The third kappa shape index (κ3) is 3.46. The number of phenols is 1. The van der Waals surface area contributed by atoms with Crippen LogP contribution in [0.25, 0.3) is 20.8 Å². The number of nitrogens with zero attached hydrogens (tertiary/aromatic N) is 3. The summed E-state index contributed by atoms with van der Waals surface area (Å²) in [6, 6.07) is 10.9. The molecule has 27 heavy (non-hydrogen) atoms. The Hall–Kier alpha value is -2.32. The second-order valence-corrected chi connectivity index (χ2v) is 7.82. The van der Waals surface area contributed by atoms with Crippen LogP contribution in [0.1, 0.15) is 22.1 Å². The molecule has 140 valence electrons. The van der Waals surface area contributed by atoms with Crippen LogP contribution in [-0.4, -0.2) is 64.5 Å². The molecule has 2 aromatic carbocycles. The quantitative estimate of drug-likeness (QED) is 0.675. The van der Waals surface area contributed by atoms with Crippen molar-refractivity contribution >= 4 is 27.8 Å². The van der Waals surface area contributed by atoms with Gasteiger partial charge in [-0.15, -0.1) is 11.3 Å². The molecule has 6 nitrogen and oxygen atoms in total. The van der Waals surface area contributed by atoms with Gasteiger partial charge in [-0.2, -0.15) is 0 Å². The highest BCUT2D eigenvalue weighted by atomic mass is 32.1. The van der Waals surface area contributed by atoms with Gasteiger partial charge in [0.05, 0.1) is 15.8 Å². The van der Waals surface area contributed by atoms with Gasteiger partial charge in [-0.25, -0.2) is 4.98 Å². The van der Waals surface area contributed by atoms with Crippen molar-refractivity contribution in [1.29, 1.82) is 0 Å². The number of aliphatic hydroxyl groups excluding tert-OH is 1. The third-order valence-electron chi connectivity index (χ3n) is 5.03. The molecule has 1 unspecified atom stereocenters. The van der Waals surface area contributed by atoms with E-state index in [0.29, 0.717) is 16.5 Å². The largest absolute Gasteiger partial charge is 0.507 e. The van der Waals surface area contributed by atoms with Gasteiger partial charge < -0.3 is 15.1 Å². The monoisotopic (exact) mass is 383 g/mol. The predicted molar refractivity (Wildman–Crippen MR) is 106 cm³/mol. The summed E-state index contributed by atoms with van der Waals surface area (Å²) in [7, 11) is 2.09. The first-order valence-electron chi connectivity index (χ1n) is 8.85. The maximum Gasteiger partial charge on any atom is 0.155 e. The van der Waals surface area contributed by atoms with Crippen LogP contribution in [0.2, 0.25) is 0 Å². The zero-order valence-electron chi connectivity index (χ0n) is 15.0. The van der Waals surface area contributed by atoms with E-state index in [1.165, 1.54) is 17.4 Å². The van der Waals surface area contributed by atoms with E-state index in [1.54, 1.807) is 6.07 Å². The number of benzene rings is 2. The van der Waals surface area contributed by atoms with Crippen molar-refractivity contribution in [3.05, 3.63) is 47.5 Å². The number of aldehydes is 1. The number of hydrogen-bond acceptors (Lipinski definition) is 7. The maximum absolute atomic E-state index is 11.3. The van der Waals surface area contributed by atoms with Crippen molar-refractivity contribution in [3.63, 3.8) is 0 Å². The summed E-state index contributed by atoms with van der Waals surface area (Å²) in [4.78, 5) is 20.2. The molecule has 1 saturated heterocycles. The number of phenolic OH excluding ortho intramolecular Hbond substituents is 1. The fourth-order valence-electron chi connectivity index (χ4n) is 3.31. The predicted octanol–water partition coefficient (Wildman–Crippen LogP) is 2.72. The lowest BCUT2D eigenvalue weighted by atomic mass is 10.1. The van der Waals surface area contributed by atoms with Gasteiger partial charge in [0, 0.05) is 31.7 Å². The van der Waals surface area contributed by atoms with Gasteiger partial charge in [-0.3, -0.25) is 9.69 Å². The standard InChI is InChI=1S/C20H21N3O3S/c1-22-8-10-23(11-9-22)20(26)14-4-2-13(3-5-14)19-21-16-6-7-17(25)15(12-24)18(16)27-19/h2-7,12,20,25-26H,8-11H2,1H3. The van der Waals surface area contributed by atoms with E-state index in [4.69, 9.17) is 0 Å². The van der Waals surface area contributed by atoms with Gasteiger partial charge in [0.1, 0.15) is 17.0 Å². The molecular weight excluding hydrogens is 362 g/mol. The number of aromatic nitrogens is 1. The van der Waals surface area contributed by atoms with Gasteiger partial charge in [-0.1, -0.05) is 24.3 Å². The van der Waals surface area contributed by atoms with Gasteiger partial charge in [0.2, 0.25) is 0 Å². The number of aliphatic hydroxyl groups is 1. The zero-order chi connectivity index (χ0) is 19.0. The molecule has 4 rings (SSSR count). The third-order valence-corrected chi connectivity index (χ3v) is 6.18. The minimum Gasteiger partial charge on any atom is -0.507 e. The van der Waals surface area contributed by atoms with Gasteiger partial charge in [-0.05, 0) is 24.7 Å². The molecule has 1 fully saturated rings. The number of carbonyl (C=O) groups is 1. The average molecular weight is 383 g/mol. The second-order valence-electron chi connectivity index (χ2n) is 6.82. The number of piperazine rings is 1. The average Bonchev–Trinajstić information content (AvgIpc) is 3.12. The van der Waals surface area contributed by atoms with Gasteiger partial charge in [0.25, 0.3) is 0 Å². The van der Waals surface area contributed by atoms with Crippen LogP contribution in [0.5, 0.6) is 5.75 Å².